The number of nitrogens with zero attached hydrogens (tertiary/aromatic N) is 1. The van der Waals surface area contributed by atoms with Crippen molar-refractivity contribution < 1.29 is 27.9 Å². The van der Waals surface area contributed by atoms with Gasteiger partial charge in [-0.3, -0.25) is 14.5 Å². The minimum absolute atomic E-state index is 0.0841. The molecule has 0 bridgehead atoms. The number of carbonyl (C=O) groups is 3. The summed E-state index contributed by atoms with van der Waals surface area (Å²) in [7, 11) is 0. The van der Waals surface area contributed by atoms with E-state index in [0.717, 1.165) is 11.3 Å². The number of rotatable bonds is 9. The third kappa shape index (κ3) is 4.32. The number of alkyl halides is 2. The molecule has 1 fully saturated rings. The van der Waals surface area contributed by atoms with Crippen LogP contribution in [0.3, 0.4) is 0 Å². The van der Waals surface area contributed by atoms with Gasteiger partial charge in [-0.1, -0.05) is 50.1 Å². The van der Waals surface area contributed by atoms with Crippen LogP contribution in [0.25, 0.3) is 0 Å². The number of Topliss-reactive ketones (excluding diaryl/α,β-unsaturated/α-hetero) is 1. The lowest BCUT2D eigenvalue weighted by atomic mass is 9.85. The number of hydrogen-bond donors (Lipinski definition) is 1. The maximum atomic E-state index is 13.3. The molecule has 1 unspecified atom stereocenters. The number of hydrogen-bond acceptors (Lipinski definition) is 4. The monoisotopic (exact) mass is 416 g/mol. The number of ketones is 1. The fourth-order valence-electron chi connectivity index (χ4n) is 3.50. The Hall–Kier alpha value is -3.29. The van der Waals surface area contributed by atoms with Crippen LogP contribution in [-0.2, 0) is 10.3 Å². The Labute approximate surface area is 172 Å². The smallest absolute Gasteiger partial charge is 0.387 e. The third-order valence-electron chi connectivity index (χ3n) is 5.05. The van der Waals surface area contributed by atoms with Gasteiger partial charge in [0.05, 0.1) is 6.54 Å². The topological polar surface area (TPSA) is 75.7 Å². The van der Waals surface area contributed by atoms with E-state index in [1.165, 1.54) is 24.3 Å². The number of amides is 3. The van der Waals surface area contributed by atoms with E-state index in [2.05, 4.69) is 10.1 Å². The number of urea groups is 1. The molecule has 6 nitrogen and oxygen atoms in total. The second-order valence-corrected chi connectivity index (χ2v) is 7.02. The zero-order valence-corrected chi connectivity index (χ0v) is 16.4. The van der Waals surface area contributed by atoms with Crippen LogP contribution in [0.4, 0.5) is 13.6 Å². The number of carbonyl (C=O) groups excluding carboxylic acids is 3. The molecule has 1 saturated heterocycles. The van der Waals surface area contributed by atoms with Crippen LogP contribution < -0.4 is 10.1 Å². The van der Waals surface area contributed by atoms with Gasteiger partial charge in [-0.05, 0) is 36.2 Å². The van der Waals surface area contributed by atoms with E-state index >= 15 is 0 Å². The predicted molar refractivity (Wildman–Crippen MR) is 105 cm³/mol. The number of halogens is 2. The second kappa shape index (κ2) is 9.02. The normalized spacial score (nSPS) is 18.6. The molecule has 30 heavy (non-hydrogen) atoms. The lowest BCUT2D eigenvalue weighted by Gasteiger charge is -2.27. The number of benzene rings is 2. The van der Waals surface area contributed by atoms with Gasteiger partial charge >= 0.3 is 12.6 Å². The first-order valence-electron chi connectivity index (χ1n) is 9.65. The fraction of sp³-hybridized carbons (Fsp3) is 0.318. The lowest BCUT2D eigenvalue weighted by Crippen LogP contribution is -2.44. The summed E-state index contributed by atoms with van der Waals surface area (Å²) in [4.78, 5) is 39.4. The largest absolute Gasteiger partial charge is 0.435 e. The van der Waals surface area contributed by atoms with Crippen LogP contribution >= 0.6 is 0 Å². The first-order valence-corrected chi connectivity index (χ1v) is 9.65. The minimum atomic E-state index is -2.97. The third-order valence-corrected chi connectivity index (χ3v) is 5.05. The van der Waals surface area contributed by atoms with Gasteiger partial charge in [0.15, 0.2) is 5.78 Å². The molecule has 0 aliphatic carbocycles. The Morgan fingerprint density at radius 2 is 1.77 bits per heavy atom. The van der Waals surface area contributed by atoms with Crippen LogP contribution in [0.2, 0.25) is 0 Å². The van der Waals surface area contributed by atoms with E-state index in [1.807, 2.05) is 13.0 Å². The summed E-state index contributed by atoms with van der Waals surface area (Å²) >= 11 is 0. The van der Waals surface area contributed by atoms with E-state index in [4.69, 9.17) is 0 Å². The van der Waals surface area contributed by atoms with Gasteiger partial charge < -0.3 is 10.1 Å². The summed E-state index contributed by atoms with van der Waals surface area (Å²) in [6.45, 7) is -1.42. The highest BCUT2D eigenvalue weighted by Crippen LogP contribution is 2.34. The van der Waals surface area contributed by atoms with Gasteiger partial charge in [0.25, 0.3) is 5.91 Å². The first kappa shape index (κ1) is 21.4. The van der Waals surface area contributed by atoms with Crippen molar-refractivity contribution in [1.29, 1.82) is 0 Å². The Morgan fingerprint density at radius 1 is 1.10 bits per heavy atom. The summed E-state index contributed by atoms with van der Waals surface area (Å²) in [6, 6.07) is 13.4. The van der Waals surface area contributed by atoms with Crippen LogP contribution in [-0.4, -0.2) is 35.8 Å². The standard InChI is InChI=1S/C22H22F2N2O4/c1-2-3-13-22(16-7-5-4-6-8-16)19(28)26(21(29)25-22)14-18(27)15-9-11-17(12-10-15)30-20(23)24/h4-12,20H,2-3,13-14H2,1H3,(H,25,29). The number of nitrogens with one attached hydrogen (secondary N) is 1. The average molecular weight is 416 g/mol. The number of ether oxygens (including phenoxy) is 1. The molecule has 3 rings (SSSR count). The van der Waals surface area contributed by atoms with Gasteiger partial charge in [0.1, 0.15) is 11.3 Å². The Kier molecular flexibility index (Phi) is 6.44. The molecule has 1 atom stereocenters. The van der Waals surface area contributed by atoms with Crippen LogP contribution in [0.1, 0.15) is 42.1 Å². The Bertz CT molecular complexity index is 918. The molecule has 158 valence electrons. The van der Waals surface area contributed by atoms with Gasteiger partial charge in [-0.15, -0.1) is 0 Å². The van der Waals surface area contributed by atoms with Gasteiger partial charge in [-0.2, -0.15) is 8.78 Å². The SMILES string of the molecule is CCCCC1(c2ccccc2)NC(=O)N(CC(=O)c2ccc(OC(F)F)cc2)C1=O. The maximum Gasteiger partial charge on any atom is 0.387 e. The minimum Gasteiger partial charge on any atom is -0.435 e. The summed E-state index contributed by atoms with van der Waals surface area (Å²) in [5.41, 5.74) is -0.355. The Balaban J connectivity index is 1.80. The second-order valence-electron chi connectivity index (χ2n) is 7.02. The first-order chi connectivity index (χ1) is 14.4. The van der Waals surface area contributed by atoms with E-state index in [-0.39, 0.29) is 11.3 Å². The average Bonchev–Trinajstić information content (AvgIpc) is 2.98. The Morgan fingerprint density at radius 3 is 2.37 bits per heavy atom. The van der Waals surface area contributed by atoms with Crippen molar-refractivity contribution in [3.05, 3.63) is 65.7 Å². The molecule has 1 aliphatic heterocycles. The van der Waals surface area contributed by atoms with E-state index in [1.54, 1.807) is 24.3 Å². The quantitative estimate of drug-likeness (QED) is 0.493. The zero-order valence-electron chi connectivity index (χ0n) is 16.4. The lowest BCUT2D eigenvalue weighted by molar-refractivity contribution is -0.131. The highest BCUT2D eigenvalue weighted by atomic mass is 19.3. The van der Waals surface area contributed by atoms with Crippen LogP contribution in [0.15, 0.2) is 54.6 Å². The molecule has 2 aromatic rings. The molecule has 0 aromatic heterocycles. The maximum absolute atomic E-state index is 13.3. The van der Waals surface area contributed by atoms with Crippen molar-refractivity contribution in [2.45, 2.75) is 38.3 Å². The molecule has 1 aliphatic rings. The highest BCUT2D eigenvalue weighted by Gasteiger charge is 2.52. The van der Waals surface area contributed by atoms with Gasteiger partial charge in [0, 0.05) is 5.56 Å². The van der Waals surface area contributed by atoms with E-state index in [9.17, 15) is 23.2 Å². The summed E-state index contributed by atoms with van der Waals surface area (Å²) < 4.78 is 28.8. The fourth-order valence-corrected chi connectivity index (χ4v) is 3.50. The van der Waals surface area contributed by atoms with E-state index in [0.29, 0.717) is 18.4 Å². The van der Waals surface area contributed by atoms with Gasteiger partial charge in [-0.25, -0.2) is 4.79 Å². The molecular formula is C22H22F2N2O4. The molecule has 0 spiro atoms. The van der Waals surface area contributed by atoms with Crippen LogP contribution in [0.5, 0.6) is 5.75 Å². The molecule has 0 saturated carbocycles. The highest BCUT2D eigenvalue weighted by molar-refractivity contribution is 6.11. The van der Waals surface area contributed by atoms with Crippen LogP contribution in [0, 0.1) is 0 Å². The zero-order chi connectivity index (χ0) is 21.7. The number of imide groups is 1. The molecule has 1 heterocycles. The van der Waals surface area contributed by atoms with Crippen molar-refractivity contribution in [3.8, 4) is 5.75 Å². The molecule has 8 heteroatoms. The van der Waals surface area contributed by atoms with Crippen molar-refractivity contribution in [1.82, 2.24) is 10.2 Å². The van der Waals surface area contributed by atoms with Crippen molar-refractivity contribution in [2.75, 3.05) is 6.54 Å². The number of unbranched alkanes of at least 4 members (excludes halogenated alkanes) is 1. The molecule has 0 radical (unpaired) electrons. The summed E-state index contributed by atoms with van der Waals surface area (Å²) in [6.07, 6.45) is 1.97. The van der Waals surface area contributed by atoms with Crippen molar-refractivity contribution in [3.63, 3.8) is 0 Å². The molecule has 2 aromatic carbocycles. The summed E-state index contributed by atoms with van der Waals surface area (Å²) in [5.74, 6) is -1.04. The van der Waals surface area contributed by atoms with Gasteiger partial charge in [0.2, 0.25) is 0 Å². The molecule has 1 N–H and O–H groups in total. The molecule has 3 amide bonds. The summed E-state index contributed by atoms with van der Waals surface area (Å²) in [5, 5.41) is 2.79. The predicted octanol–water partition coefficient (Wildman–Crippen LogP) is 4.11. The van der Waals surface area contributed by atoms with Crippen molar-refractivity contribution in [2.24, 2.45) is 0 Å². The van der Waals surface area contributed by atoms with E-state index < -0.39 is 36.4 Å². The van der Waals surface area contributed by atoms with Crippen molar-refractivity contribution >= 4 is 17.7 Å². The molecular weight excluding hydrogens is 394 g/mol.